The third-order valence-corrected chi connectivity index (χ3v) is 6.79. The normalized spacial score (nSPS) is 15.1. The van der Waals surface area contributed by atoms with E-state index in [0.717, 1.165) is 16.7 Å². The summed E-state index contributed by atoms with van der Waals surface area (Å²) in [6.45, 7) is 2.39. The van der Waals surface area contributed by atoms with Gasteiger partial charge in [-0.25, -0.2) is 0 Å². The first-order chi connectivity index (χ1) is 18.3. The van der Waals surface area contributed by atoms with Gasteiger partial charge >= 0.3 is 0 Å². The number of hydrogen-bond acceptors (Lipinski definition) is 7. The van der Waals surface area contributed by atoms with Gasteiger partial charge in [0.2, 0.25) is 0 Å². The lowest BCUT2D eigenvalue weighted by molar-refractivity contribution is -0.138. The van der Waals surface area contributed by atoms with Crippen LogP contribution in [0.4, 0.5) is 0 Å². The molecular weight excluding hydrogens is 506 g/mol. The SMILES string of the molecule is CON=C[C@](C)(OCc1ccccc1)[C@H](OCc1ccccc1)[C@@H](COCc1ccccc1)CS(=O)(=O)O. The Bertz CT molecular complexity index is 1210. The highest BCUT2D eigenvalue weighted by Gasteiger charge is 2.42. The molecule has 0 heterocycles. The number of benzene rings is 3. The Morgan fingerprint density at radius 3 is 1.84 bits per heavy atom. The van der Waals surface area contributed by atoms with Crippen molar-refractivity contribution in [2.45, 2.75) is 38.4 Å². The maximum Gasteiger partial charge on any atom is 0.265 e. The number of ether oxygens (including phenoxy) is 3. The van der Waals surface area contributed by atoms with Gasteiger partial charge in [-0.15, -0.1) is 0 Å². The summed E-state index contributed by atoms with van der Waals surface area (Å²) in [5, 5.41) is 3.96. The molecule has 0 unspecified atom stereocenters. The number of oxime groups is 1. The van der Waals surface area contributed by atoms with Gasteiger partial charge in [0.15, 0.2) is 0 Å². The Balaban J connectivity index is 1.92. The van der Waals surface area contributed by atoms with Crippen LogP contribution in [-0.4, -0.2) is 50.4 Å². The molecule has 0 aromatic heterocycles. The zero-order chi connectivity index (χ0) is 27.3. The van der Waals surface area contributed by atoms with Crippen LogP contribution in [0.15, 0.2) is 96.2 Å². The summed E-state index contributed by atoms with van der Waals surface area (Å²) in [5.41, 5.74) is 1.50. The molecule has 0 bridgehead atoms. The molecule has 0 saturated heterocycles. The summed E-state index contributed by atoms with van der Waals surface area (Å²) in [6, 6.07) is 28.6. The molecule has 3 rings (SSSR count). The molecule has 0 saturated carbocycles. The van der Waals surface area contributed by atoms with Crippen molar-refractivity contribution in [3.8, 4) is 0 Å². The molecule has 0 amide bonds. The molecule has 9 heteroatoms. The first kappa shape index (κ1) is 29.5. The van der Waals surface area contributed by atoms with Crippen molar-refractivity contribution in [2.75, 3.05) is 19.5 Å². The second-order valence-electron chi connectivity index (χ2n) is 9.10. The predicted molar refractivity (Wildman–Crippen MR) is 146 cm³/mol. The molecule has 204 valence electrons. The van der Waals surface area contributed by atoms with Gasteiger partial charge in [-0.1, -0.05) is 96.2 Å². The highest BCUT2D eigenvalue weighted by atomic mass is 32.2. The molecule has 3 aromatic carbocycles. The van der Waals surface area contributed by atoms with Gasteiger partial charge < -0.3 is 19.0 Å². The van der Waals surface area contributed by atoms with Crippen molar-refractivity contribution >= 4 is 16.3 Å². The summed E-state index contributed by atoms with van der Waals surface area (Å²) in [5.74, 6) is -1.40. The van der Waals surface area contributed by atoms with Crippen LogP contribution in [-0.2, 0) is 49.0 Å². The van der Waals surface area contributed by atoms with Crippen LogP contribution >= 0.6 is 0 Å². The van der Waals surface area contributed by atoms with Crippen LogP contribution in [0.25, 0.3) is 0 Å². The van der Waals surface area contributed by atoms with E-state index in [1.807, 2.05) is 91.0 Å². The second kappa shape index (κ2) is 14.8. The minimum Gasteiger partial charge on any atom is -0.399 e. The third kappa shape index (κ3) is 10.00. The lowest BCUT2D eigenvalue weighted by Gasteiger charge is -2.38. The van der Waals surface area contributed by atoms with Crippen molar-refractivity contribution in [3.63, 3.8) is 0 Å². The molecule has 0 radical (unpaired) electrons. The minimum absolute atomic E-state index is 0.0146. The average Bonchev–Trinajstić information content (AvgIpc) is 2.92. The van der Waals surface area contributed by atoms with Crippen molar-refractivity contribution in [1.82, 2.24) is 0 Å². The van der Waals surface area contributed by atoms with Crippen LogP contribution in [0.1, 0.15) is 23.6 Å². The molecule has 0 spiro atoms. The topological polar surface area (TPSA) is 104 Å². The summed E-state index contributed by atoms with van der Waals surface area (Å²) in [6.07, 6.45) is 0.572. The van der Waals surface area contributed by atoms with E-state index >= 15 is 0 Å². The summed E-state index contributed by atoms with van der Waals surface area (Å²) >= 11 is 0. The number of rotatable bonds is 16. The summed E-state index contributed by atoms with van der Waals surface area (Å²) in [4.78, 5) is 4.96. The monoisotopic (exact) mass is 541 g/mol. The highest BCUT2D eigenvalue weighted by Crippen LogP contribution is 2.28. The van der Waals surface area contributed by atoms with Crippen molar-refractivity contribution in [2.24, 2.45) is 11.1 Å². The maximum absolute atomic E-state index is 12.1. The van der Waals surface area contributed by atoms with Gasteiger partial charge in [-0.05, 0) is 23.6 Å². The molecule has 3 aromatic rings. The Labute approximate surface area is 224 Å². The van der Waals surface area contributed by atoms with E-state index < -0.39 is 33.5 Å². The standard InChI is InChI=1S/C29H35NO7S/c1-29(23-30-34-2,37-20-26-16-10-5-11-17-26)28(36-19-25-14-8-4-9-15-25)27(22-38(31,32)33)21-35-18-24-12-6-3-7-13-24/h3-17,23,27-28H,18-22H2,1-2H3,(H,31,32,33)/t27-,28+,29-/m0/s1. The van der Waals surface area contributed by atoms with Crippen LogP contribution in [0.5, 0.6) is 0 Å². The van der Waals surface area contributed by atoms with E-state index in [1.165, 1.54) is 13.3 Å². The first-order valence-electron chi connectivity index (χ1n) is 12.3. The quantitative estimate of drug-likeness (QED) is 0.156. The number of nitrogens with zero attached hydrogens (tertiary/aromatic N) is 1. The summed E-state index contributed by atoms with van der Waals surface area (Å²) in [7, 11) is -2.98. The smallest absolute Gasteiger partial charge is 0.265 e. The molecule has 1 N–H and O–H groups in total. The van der Waals surface area contributed by atoms with Crippen molar-refractivity contribution < 1.29 is 32.0 Å². The van der Waals surface area contributed by atoms with Gasteiger partial charge in [-0.3, -0.25) is 4.55 Å². The Hall–Kier alpha value is -3.08. The average molecular weight is 542 g/mol. The fourth-order valence-corrected chi connectivity index (χ4v) is 4.90. The Morgan fingerprint density at radius 2 is 1.34 bits per heavy atom. The fourth-order valence-electron chi connectivity index (χ4n) is 4.09. The molecule has 3 atom stereocenters. The van der Waals surface area contributed by atoms with Crippen molar-refractivity contribution in [3.05, 3.63) is 108 Å². The molecule has 0 aliphatic rings. The molecule has 0 aliphatic heterocycles. The lowest BCUT2D eigenvalue weighted by atomic mass is 9.89. The van der Waals surface area contributed by atoms with Gasteiger partial charge in [0.05, 0.1) is 44.5 Å². The van der Waals surface area contributed by atoms with Crippen LogP contribution in [0, 0.1) is 5.92 Å². The van der Waals surface area contributed by atoms with Crippen LogP contribution < -0.4 is 0 Å². The summed E-state index contributed by atoms with van der Waals surface area (Å²) < 4.78 is 52.7. The second-order valence-corrected chi connectivity index (χ2v) is 10.6. The molecule has 8 nitrogen and oxygen atoms in total. The number of hydrogen-bond donors (Lipinski definition) is 1. The highest BCUT2D eigenvalue weighted by molar-refractivity contribution is 7.85. The van der Waals surface area contributed by atoms with Gasteiger partial charge in [-0.2, -0.15) is 8.42 Å². The van der Waals surface area contributed by atoms with E-state index in [2.05, 4.69) is 5.16 Å². The largest absolute Gasteiger partial charge is 0.399 e. The van der Waals surface area contributed by atoms with Gasteiger partial charge in [0, 0.05) is 5.92 Å². The van der Waals surface area contributed by atoms with E-state index in [4.69, 9.17) is 19.0 Å². The van der Waals surface area contributed by atoms with Gasteiger partial charge in [0.1, 0.15) is 12.7 Å². The predicted octanol–water partition coefficient (Wildman–Crippen LogP) is 4.90. The van der Waals surface area contributed by atoms with E-state index in [1.54, 1.807) is 6.92 Å². The molecule has 38 heavy (non-hydrogen) atoms. The Kier molecular flexibility index (Phi) is 11.4. The zero-order valence-corrected chi connectivity index (χ0v) is 22.5. The molecule has 0 fully saturated rings. The van der Waals surface area contributed by atoms with E-state index in [-0.39, 0.29) is 26.4 Å². The molecular formula is C29H35NO7S. The van der Waals surface area contributed by atoms with Crippen LogP contribution in [0.3, 0.4) is 0 Å². The third-order valence-electron chi connectivity index (χ3n) is 5.94. The minimum atomic E-state index is -4.39. The van der Waals surface area contributed by atoms with E-state index in [9.17, 15) is 13.0 Å². The van der Waals surface area contributed by atoms with Crippen LogP contribution in [0.2, 0.25) is 0 Å². The van der Waals surface area contributed by atoms with Gasteiger partial charge in [0.25, 0.3) is 10.1 Å². The first-order valence-corrected chi connectivity index (χ1v) is 13.9. The zero-order valence-electron chi connectivity index (χ0n) is 21.7. The Morgan fingerprint density at radius 1 is 0.842 bits per heavy atom. The van der Waals surface area contributed by atoms with Crippen molar-refractivity contribution in [1.29, 1.82) is 0 Å². The van der Waals surface area contributed by atoms with E-state index in [0.29, 0.717) is 0 Å². The lowest BCUT2D eigenvalue weighted by Crippen LogP contribution is -2.52. The maximum atomic E-state index is 12.1. The molecule has 0 aliphatic carbocycles. The fraction of sp³-hybridized carbons (Fsp3) is 0.345.